The average molecular weight is 393 g/mol. The zero-order chi connectivity index (χ0) is 16.2. The first-order valence-corrected chi connectivity index (χ1v) is 9.70. The third-order valence-electron chi connectivity index (χ3n) is 3.46. The number of fused-ring (bicyclic) bond motifs is 1. The molecule has 1 heterocycles. The number of nitrogens with one attached hydrogen (secondary N) is 2. The van der Waals surface area contributed by atoms with Gasteiger partial charge in [-0.3, -0.25) is 0 Å². The van der Waals surface area contributed by atoms with Gasteiger partial charge in [-0.2, -0.15) is 0 Å². The van der Waals surface area contributed by atoms with Crippen molar-refractivity contribution in [2.45, 2.75) is 18.7 Å². The molecular formula is C17H16ClN3OSe. The van der Waals surface area contributed by atoms with Crippen molar-refractivity contribution < 1.29 is 4.79 Å². The Hall–Kier alpha value is -1.81. The molecule has 0 fully saturated rings. The first-order valence-electron chi connectivity index (χ1n) is 7.25. The Morgan fingerprint density at radius 1 is 1.26 bits per heavy atom. The van der Waals surface area contributed by atoms with Crippen LogP contribution in [0.5, 0.6) is 0 Å². The zero-order valence-electron chi connectivity index (χ0n) is 12.6. The Bertz CT molecular complexity index is 776. The summed E-state index contributed by atoms with van der Waals surface area (Å²) >= 11 is 6.51. The Kier molecular flexibility index (Phi) is 5.01. The third-order valence-corrected chi connectivity index (χ3v) is 6.04. The number of aryl methyl sites for hydroxylation is 1. The normalized spacial score (nSPS) is 15.1. The summed E-state index contributed by atoms with van der Waals surface area (Å²) < 4.78 is 1.35. The molecule has 1 aliphatic heterocycles. The van der Waals surface area contributed by atoms with Crippen molar-refractivity contribution >= 4 is 48.4 Å². The van der Waals surface area contributed by atoms with Crippen molar-refractivity contribution in [3.8, 4) is 0 Å². The number of rotatable bonds is 2. The minimum absolute atomic E-state index is 0.393. The molecule has 2 aromatic carbocycles. The van der Waals surface area contributed by atoms with Crippen molar-refractivity contribution in [1.29, 1.82) is 0 Å². The average Bonchev–Trinajstić information content (AvgIpc) is 2.55. The summed E-state index contributed by atoms with van der Waals surface area (Å²) in [7, 11) is 0. The van der Waals surface area contributed by atoms with Crippen LogP contribution in [0.2, 0.25) is 10.3 Å². The molecule has 0 aromatic heterocycles. The van der Waals surface area contributed by atoms with Crippen molar-refractivity contribution in [3.63, 3.8) is 0 Å². The van der Waals surface area contributed by atoms with Gasteiger partial charge in [-0.1, -0.05) is 0 Å². The van der Waals surface area contributed by atoms with E-state index in [1.54, 1.807) is 12.1 Å². The maximum atomic E-state index is 12.0. The molecule has 0 radical (unpaired) electrons. The summed E-state index contributed by atoms with van der Waals surface area (Å²) in [6.45, 7) is 2.07. The Morgan fingerprint density at radius 3 is 2.91 bits per heavy atom. The number of hydrogen-bond acceptors (Lipinski definition) is 2. The minimum atomic E-state index is -0.393. The number of para-hydroxylation sites is 1. The Morgan fingerprint density at radius 2 is 2.09 bits per heavy atom. The molecular weight excluding hydrogens is 377 g/mol. The number of benzene rings is 2. The van der Waals surface area contributed by atoms with Crippen LogP contribution < -0.4 is 15.2 Å². The van der Waals surface area contributed by atoms with E-state index in [1.807, 2.05) is 12.1 Å². The van der Waals surface area contributed by atoms with E-state index in [9.17, 15) is 4.79 Å². The van der Waals surface area contributed by atoms with E-state index in [2.05, 4.69) is 41.0 Å². The van der Waals surface area contributed by atoms with Crippen LogP contribution in [-0.2, 0) is 0 Å². The number of carbonyl (C=O) groups excluding carboxylic acids is 1. The number of nitrogens with zero attached hydrogens (tertiary/aromatic N) is 1. The van der Waals surface area contributed by atoms with Gasteiger partial charge >= 0.3 is 146 Å². The molecule has 4 nitrogen and oxygen atoms in total. The molecule has 1 aliphatic rings. The number of hydrogen-bond donors (Lipinski definition) is 2. The molecule has 0 unspecified atom stereocenters. The summed E-state index contributed by atoms with van der Waals surface area (Å²) in [4.78, 5) is 12.0. The molecule has 0 aliphatic carbocycles. The van der Waals surface area contributed by atoms with E-state index in [4.69, 9.17) is 11.6 Å². The van der Waals surface area contributed by atoms with E-state index in [1.165, 1.54) is 10.0 Å². The second-order valence-electron chi connectivity index (χ2n) is 5.20. The SMILES string of the molecule is Cc1ccc2c(c1)/C(=N/NC(=O)Nc1ccccc1Cl)CC[Se]2. The molecule has 2 N–H and O–H groups in total. The van der Waals surface area contributed by atoms with Gasteiger partial charge in [0.15, 0.2) is 0 Å². The van der Waals surface area contributed by atoms with Gasteiger partial charge in [0.2, 0.25) is 0 Å². The summed E-state index contributed by atoms with van der Waals surface area (Å²) in [5.74, 6) is 0. The predicted molar refractivity (Wildman–Crippen MR) is 96.1 cm³/mol. The van der Waals surface area contributed by atoms with Crippen LogP contribution in [0.25, 0.3) is 0 Å². The van der Waals surface area contributed by atoms with Gasteiger partial charge in [-0.05, 0) is 0 Å². The quantitative estimate of drug-likeness (QED) is 0.598. The van der Waals surface area contributed by atoms with Crippen LogP contribution in [0.4, 0.5) is 10.5 Å². The molecule has 0 atom stereocenters. The fourth-order valence-electron chi connectivity index (χ4n) is 2.33. The standard InChI is InChI=1S/C17H16ClN3OSe/c1-11-6-7-16-12(10-11)14(8-9-23-16)20-21-17(22)19-15-5-3-2-4-13(15)18/h2-7,10H,8-9H2,1H3,(H2,19,21,22)/b20-14+. The zero-order valence-corrected chi connectivity index (χ0v) is 15.1. The fraction of sp³-hybridized carbons (Fsp3) is 0.176. The molecule has 2 aromatic rings. The van der Waals surface area contributed by atoms with Gasteiger partial charge in [0, 0.05) is 0 Å². The monoisotopic (exact) mass is 393 g/mol. The van der Waals surface area contributed by atoms with Crippen LogP contribution in [0, 0.1) is 6.92 Å². The summed E-state index contributed by atoms with van der Waals surface area (Å²) in [6.07, 6.45) is 0.892. The topological polar surface area (TPSA) is 53.5 Å². The molecule has 23 heavy (non-hydrogen) atoms. The van der Waals surface area contributed by atoms with Gasteiger partial charge < -0.3 is 0 Å². The van der Waals surface area contributed by atoms with Crippen molar-refractivity contribution in [1.82, 2.24) is 5.43 Å². The Labute approximate surface area is 146 Å². The molecule has 0 bridgehead atoms. The number of hydrazone groups is 1. The van der Waals surface area contributed by atoms with Crippen molar-refractivity contribution in [2.24, 2.45) is 5.10 Å². The number of carbonyl (C=O) groups is 1. The van der Waals surface area contributed by atoms with Crippen LogP contribution in [0.15, 0.2) is 47.6 Å². The third kappa shape index (κ3) is 3.94. The van der Waals surface area contributed by atoms with E-state index in [-0.39, 0.29) is 0 Å². The van der Waals surface area contributed by atoms with Gasteiger partial charge in [0.05, 0.1) is 0 Å². The number of halogens is 1. The summed E-state index contributed by atoms with van der Waals surface area (Å²) in [5.41, 5.74) is 6.44. The summed E-state index contributed by atoms with van der Waals surface area (Å²) in [6, 6.07) is 13.1. The fourth-order valence-corrected chi connectivity index (χ4v) is 4.64. The van der Waals surface area contributed by atoms with Gasteiger partial charge in [-0.15, -0.1) is 0 Å². The first-order chi connectivity index (χ1) is 11.1. The van der Waals surface area contributed by atoms with Crippen LogP contribution in [0.3, 0.4) is 0 Å². The van der Waals surface area contributed by atoms with Crippen molar-refractivity contribution in [2.75, 3.05) is 5.32 Å². The first kappa shape index (κ1) is 16.1. The second kappa shape index (κ2) is 7.18. The van der Waals surface area contributed by atoms with Crippen LogP contribution in [0.1, 0.15) is 17.5 Å². The number of urea groups is 1. The second-order valence-corrected chi connectivity index (χ2v) is 7.99. The van der Waals surface area contributed by atoms with E-state index >= 15 is 0 Å². The molecule has 0 saturated heterocycles. The molecule has 3 rings (SSSR count). The maximum absolute atomic E-state index is 12.0. The summed E-state index contributed by atoms with van der Waals surface area (Å²) in [5, 5.41) is 8.62. The molecule has 6 heteroatoms. The predicted octanol–water partition coefficient (Wildman–Crippen LogP) is 3.33. The number of anilines is 1. The van der Waals surface area contributed by atoms with E-state index < -0.39 is 6.03 Å². The molecule has 0 spiro atoms. The van der Waals surface area contributed by atoms with Gasteiger partial charge in [-0.25, -0.2) is 0 Å². The van der Waals surface area contributed by atoms with E-state index in [0.717, 1.165) is 23.0 Å². The Balaban J connectivity index is 1.73. The van der Waals surface area contributed by atoms with Gasteiger partial charge in [0.1, 0.15) is 0 Å². The molecule has 2 amide bonds. The van der Waals surface area contributed by atoms with Gasteiger partial charge in [0.25, 0.3) is 0 Å². The van der Waals surface area contributed by atoms with E-state index in [0.29, 0.717) is 25.7 Å². The van der Waals surface area contributed by atoms with Crippen LogP contribution in [-0.4, -0.2) is 26.7 Å². The number of amides is 2. The van der Waals surface area contributed by atoms with Crippen molar-refractivity contribution in [3.05, 3.63) is 58.6 Å². The molecule has 118 valence electrons. The molecule has 0 saturated carbocycles. The van der Waals surface area contributed by atoms with Crippen LogP contribution >= 0.6 is 11.6 Å².